The fourth-order valence-electron chi connectivity index (χ4n) is 4.25. The number of rotatable bonds is 5. The molecular formula is C23H18BrF5N2O4. The van der Waals surface area contributed by atoms with Gasteiger partial charge in [0.05, 0.1) is 0 Å². The van der Waals surface area contributed by atoms with Crippen LogP contribution in [0.15, 0.2) is 46.9 Å². The lowest BCUT2D eigenvalue weighted by atomic mass is 9.95. The van der Waals surface area contributed by atoms with E-state index in [1.165, 1.54) is 30.3 Å². The number of hydrogen-bond acceptors (Lipinski definition) is 4. The van der Waals surface area contributed by atoms with E-state index in [2.05, 4.69) is 15.9 Å². The van der Waals surface area contributed by atoms with Gasteiger partial charge in [-0.1, -0.05) is 34.1 Å². The molecule has 0 saturated carbocycles. The summed E-state index contributed by atoms with van der Waals surface area (Å²) in [5.41, 5.74) is -1.53. The largest absolute Gasteiger partial charge is 0.427 e. The first-order valence-electron chi connectivity index (χ1n) is 10.4. The average Bonchev–Trinajstić information content (AvgIpc) is 3.19. The maximum atomic E-state index is 14.7. The Hall–Kier alpha value is -3.02. The van der Waals surface area contributed by atoms with Crippen LogP contribution in [0.4, 0.5) is 26.7 Å². The second-order valence-corrected chi connectivity index (χ2v) is 9.27. The summed E-state index contributed by atoms with van der Waals surface area (Å²) in [5, 5.41) is 0. The maximum absolute atomic E-state index is 14.7. The zero-order chi connectivity index (χ0) is 25.7. The Morgan fingerprint density at radius 3 is 2.51 bits per heavy atom. The van der Waals surface area contributed by atoms with E-state index < -0.39 is 67.2 Å². The van der Waals surface area contributed by atoms with Gasteiger partial charge in [-0.05, 0) is 42.3 Å². The van der Waals surface area contributed by atoms with Crippen molar-refractivity contribution in [3.63, 3.8) is 0 Å². The number of alkyl halides is 4. The molecule has 186 valence electrons. The summed E-state index contributed by atoms with van der Waals surface area (Å²) in [6.07, 6.45) is -8.21. The normalized spacial score (nSPS) is 22.4. The van der Waals surface area contributed by atoms with Gasteiger partial charge in [-0.25, -0.2) is 18.5 Å². The highest BCUT2D eigenvalue weighted by atomic mass is 79.9. The fourth-order valence-corrected chi connectivity index (χ4v) is 4.63. The molecule has 1 aliphatic carbocycles. The number of ether oxygens (including phenoxy) is 1. The Balaban J connectivity index is 1.60. The van der Waals surface area contributed by atoms with Gasteiger partial charge in [0.25, 0.3) is 5.91 Å². The number of benzene rings is 2. The number of fused-ring (bicyclic) bond motifs is 2. The summed E-state index contributed by atoms with van der Waals surface area (Å²) in [5.74, 6) is -2.82. The lowest BCUT2D eigenvalue weighted by Gasteiger charge is -2.31. The summed E-state index contributed by atoms with van der Waals surface area (Å²) in [6.45, 7) is -0.832. The Kier molecular flexibility index (Phi) is 6.37. The predicted octanol–water partition coefficient (Wildman–Crippen LogP) is 5.16. The second kappa shape index (κ2) is 8.89. The maximum Gasteiger partial charge on any atom is 0.418 e. The molecule has 35 heavy (non-hydrogen) atoms. The Morgan fingerprint density at radius 2 is 1.89 bits per heavy atom. The number of hydrogen-bond donors (Lipinski definition) is 0. The van der Waals surface area contributed by atoms with Gasteiger partial charge in [0.1, 0.15) is 24.6 Å². The number of carbonyl (C=O) groups excluding carboxylic acids is 3. The Labute approximate surface area is 204 Å². The number of carbonyl (C=O) groups is 3. The highest BCUT2D eigenvalue weighted by molar-refractivity contribution is 9.10. The number of nitrogens with zero attached hydrogens (tertiary/aromatic N) is 2. The van der Waals surface area contributed by atoms with E-state index in [4.69, 9.17) is 4.74 Å². The molecule has 1 heterocycles. The molecule has 4 rings (SSSR count). The minimum atomic E-state index is -4.81. The molecule has 0 bridgehead atoms. The lowest BCUT2D eigenvalue weighted by Crippen LogP contribution is -2.51. The SMILES string of the molecule is C[C@H](N(Cc1ccc(F)cc1)C(=O)CN1C(=O)O[C@]2(C[C@@H](F)c3cc(Br)ccc32)C1=O)C(F)(F)F. The van der Waals surface area contributed by atoms with Gasteiger partial charge in [-0.2, -0.15) is 13.2 Å². The lowest BCUT2D eigenvalue weighted by molar-refractivity contribution is -0.187. The minimum Gasteiger partial charge on any atom is -0.427 e. The molecule has 3 atom stereocenters. The summed E-state index contributed by atoms with van der Waals surface area (Å²) in [6, 6.07) is 6.62. The van der Waals surface area contributed by atoms with Crippen molar-refractivity contribution in [1.82, 2.24) is 9.80 Å². The fraction of sp³-hybridized carbons (Fsp3) is 0.348. The third-order valence-corrected chi connectivity index (χ3v) is 6.64. The molecule has 0 radical (unpaired) electrons. The second-order valence-electron chi connectivity index (χ2n) is 8.36. The first-order chi connectivity index (χ1) is 16.3. The summed E-state index contributed by atoms with van der Waals surface area (Å²) in [4.78, 5) is 39.6. The van der Waals surface area contributed by atoms with Crippen LogP contribution in [0.3, 0.4) is 0 Å². The molecule has 6 nitrogen and oxygen atoms in total. The van der Waals surface area contributed by atoms with Crippen LogP contribution in [0.2, 0.25) is 0 Å². The van der Waals surface area contributed by atoms with E-state index >= 15 is 0 Å². The van der Waals surface area contributed by atoms with Gasteiger partial charge in [0, 0.05) is 23.0 Å². The number of amides is 3. The standard InChI is InChI=1S/C23H18BrF5N2O4/c1-12(23(27,28)29)30(10-13-2-5-15(25)6-3-13)19(32)11-31-20(33)22(35-21(31)34)9-18(26)16-8-14(24)4-7-17(16)22/h2-8,12,18H,9-11H2,1H3/t12-,18+,22-/m0/s1. The van der Waals surface area contributed by atoms with E-state index in [1.807, 2.05) is 0 Å². The van der Waals surface area contributed by atoms with Crippen LogP contribution in [-0.4, -0.2) is 46.5 Å². The van der Waals surface area contributed by atoms with Crippen molar-refractivity contribution in [2.45, 2.75) is 43.9 Å². The van der Waals surface area contributed by atoms with E-state index in [1.54, 1.807) is 0 Å². The van der Waals surface area contributed by atoms with Gasteiger partial charge >= 0.3 is 12.3 Å². The van der Waals surface area contributed by atoms with Gasteiger partial charge in [0.15, 0.2) is 0 Å². The minimum absolute atomic E-state index is 0.119. The highest BCUT2D eigenvalue weighted by Crippen LogP contribution is 2.51. The molecule has 1 saturated heterocycles. The summed E-state index contributed by atoms with van der Waals surface area (Å²) >= 11 is 3.20. The number of halogens is 6. The van der Waals surface area contributed by atoms with Crippen LogP contribution in [0.25, 0.3) is 0 Å². The smallest absolute Gasteiger partial charge is 0.418 e. The van der Waals surface area contributed by atoms with Crippen molar-refractivity contribution < 1.29 is 41.1 Å². The molecule has 2 aromatic carbocycles. The quantitative estimate of drug-likeness (QED) is 0.474. The van der Waals surface area contributed by atoms with Crippen molar-refractivity contribution in [3.05, 3.63) is 69.4 Å². The van der Waals surface area contributed by atoms with Gasteiger partial charge in [-0.3, -0.25) is 9.59 Å². The van der Waals surface area contributed by atoms with Crippen LogP contribution in [0.5, 0.6) is 0 Å². The average molecular weight is 561 g/mol. The Morgan fingerprint density at radius 1 is 1.23 bits per heavy atom. The number of imide groups is 1. The van der Waals surface area contributed by atoms with Crippen molar-refractivity contribution in [2.75, 3.05) is 6.54 Å². The molecule has 1 fully saturated rings. The zero-order valence-electron chi connectivity index (χ0n) is 18.1. The van der Waals surface area contributed by atoms with Crippen LogP contribution in [0.1, 0.15) is 36.2 Å². The van der Waals surface area contributed by atoms with Crippen molar-refractivity contribution in [3.8, 4) is 0 Å². The molecule has 12 heteroatoms. The van der Waals surface area contributed by atoms with Crippen molar-refractivity contribution >= 4 is 33.8 Å². The molecule has 0 aromatic heterocycles. The molecular weight excluding hydrogens is 543 g/mol. The van der Waals surface area contributed by atoms with Gasteiger partial charge in [-0.15, -0.1) is 0 Å². The monoisotopic (exact) mass is 560 g/mol. The molecule has 1 spiro atoms. The molecule has 3 amide bonds. The molecule has 2 aromatic rings. The van der Waals surface area contributed by atoms with Gasteiger partial charge in [0.2, 0.25) is 11.5 Å². The van der Waals surface area contributed by atoms with Crippen LogP contribution < -0.4 is 0 Å². The van der Waals surface area contributed by atoms with Crippen molar-refractivity contribution in [1.29, 1.82) is 0 Å². The highest BCUT2D eigenvalue weighted by Gasteiger charge is 2.61. The van der Waals surface area contributed by atoms with Crippen molar-refractivity contribution in [2.24, 2.45) is 0 Å². The zero-order valence-corrected chi connectivity index (χ0v) is 19.7. The summed E-state index contributed by atoms with van der Waals surface area (Å²) < 4.78 is 74.2. The van der Waals surface area contributed by atoms with Crippen LogP contribution >= 0.6 is 15.9 Å². The summed E-state index contributed by atoms with van der Waals surface area (Å²) in [7, 11) is 0. The predicted molar refractivity (Wildman–Crippen MR) is 115 cm³/mol. The van der Waals surface area contributed by atoms with Crippen LogP contribution in [-0.2, 0) is 26.5 Å². The first-order valence-corrected chi connectivity index (χ1v) is 11.2. The molecule has 0 N–H and O–H groups in total. The first kappa shape index (κ1) is 25.1. The third-order valence-electron chi connectivity index (χ3n) is 6.15. The van der Waals surface area contributed by atoms with E-state index in [9.17, 15) is 36.3 Å². The molecule has 2 aliphatic rings. The van der Waals surface area contributed by atoms with E-state index in [-0.39, 0.29) is 16.7 Å². The molecule has 0 unspecified atom stereocenters. The van der Waals surface area contributed by atoms with Crippen LogP contribution in [0, 0.1) is 5.82 Å². The Bertz CT molecular complexity index is 1190. The molecule has 1 aliphatic heterocycles. The van der Waals surface area contributed by atoms with E-state index in [0.717, 1.165) is 19.1 Å². The topological polar surface area (TPSA) is 66.9 Å². The van der Waals surface area contributed by atoms with E-state index in [0.29, 0.717) is 14.3 Å². The third kappa shape index (κ3) is 4.51. The van der Waals surface area contributed by atoms with Gasteiger partial charge < -0.3 is 9.64 Å².